The SMILES string of the molecule is O.PC#Cc1ccccc1. The van der Waals surface area contributed by atoms with Crippen molar-refractivity contribution in [1.29, 1.82) is 0 Å². The van der Waals surface area contributed by atoms with Gasteiger partial charge in [-0.05, 0) is 12.1 Å². The van der Waals surface area contributed by atoms with Crippen LogP contribution < -0.4 is 0 Å². The van der Waals surface area contributed by atoms with Gasteiger partial charge in [0.15, 0.2) is 0 Å². The molecule has 1 unspecified atom stereocenters. The van der Waals surface area contributed by atoms with E-state index < -0.39 is 0 Å². The summed E-state index contributed by atoms with van der Waals surface area (Å²) in [7, 11) is 2.37. The fourth-order valence-electron chi connectivity index (χ4n) is 0.605. The van der Waals surface area contributed by atoms with Gasteiger partial charge in [-0.3, -0.25) is 0 Å². The lowest BCUT2D eigenvalue weighted by Gasteiger charge is -1.83. The Kier molecular flexibility index (Phi) is 4.58. The van der Waals surface area contributed by atoms with E-state index in [-0.39, 0.29) is 5.48 Å². The maximum Gasteiger partial charge on any atom is 0.0248 e. The van der Waals surface area contributed by atoms with Crippen LogP contribution in [-0.2, 0) is 0 Å². The van der Waals surface area contributed by atoms with Crippen LogP contribution in [0.15, 0.2) is 30.3 Å². The molecule has 2 heteroatoms. The van der Waals surface area contributed by atoms with Crippen molar-refractivity contribution in [3.8, 4) is 11.6 Å². The molecule has 2 N–H and O–H groups in total. The van der Waals surface area contributed by atoms with Crippen LogP contribution in [0.25, 0.3) is 0 Å². The number of benzene rings is 1. The maximum atomic E-state index is 2.92. The zero-order valence-electron chi connectivity index (χ0n) is 5.46. The lowest BCUT2D eigenvalue weighted by molar-refractivity contribution is 0.824. The molecule has 0 heterocycles. The van der Waals surface area contributed by atoms with Gasteiger partial charge in [-0.15, -0.1) is 0 Å². The van der Waals surface area contributed by atoms with Gasteiger partial charge in [0.2, 0.25) is 0 Å². The quantitative estimate of drug-likeness (QED) is 0.393. The Morgan fingerprint density at radius 2 is 1.70 bits per heavy atom. The molecule has 0 bridgehead atoms. The first-order chi connectivity index (χ1) is 4.43. The molecule has 0 spiro atoms. The van der Waals surface area contributed by atoms with Crippen molar-refractivity contribution < 1.29 is 5.48 Å². The number of hydrogen-bond acceptors (Lipinski definition) is 0. The third kappa shape index (κ3) is 2.64. The molecule has 0 aliphatic carbocycles. The van der Waals surface area contributed by atoms with Crippen molar-refractivity contribution >= 4 is 9.24 Å². The predicted octanol–water partition coefficient (Wildman–Crippen LogP) is 1.05. The van der Waals surface area contributed by atoms with Crippen LogP contribution in [0.2, 0.25) is 0 Å². The smallest absolute Gasteiger partial charge is 0.0248 e. The molecule has 0 fully saturated rings. The Bertz CT molecular complexity index is 232. The van der Waals surface area contributed by atoms with Crippen LogP contribution in [0.1, 0.15) is 5.56 Å². The van der Waals surface area contributed by atoms with Gasteiger partial charge in [-0.1, -0.05) is 39.0 Å². The van der Waals surface area contributed by atoms with Crippen molar-refractivity contribution in [1.82, 2.24) is 0 Å². The predicted molar refractivity (Wildman–Crippen MR) is 46.6 cm³/mol. The molecule has 0 aliphatic rings. The highest BCUT2D eigenvalue weighted by molar-refractivity contribution is 7.23. The average Bonchev–Trinajstić information content (AvgIpc) is 1.91. The fourth-order valence-corrected chi connectivity index (χ4v) is 0.771. The normalized spacial score (nSPS) is 6.90. The van der Waals surface area contributed by atoms with E-state index in [9.17, 15) is 0 Å². The van der Waals surface area contributed by atoms with Crippen molar-refractivity contribution in [3.05, 3.63) is 35.9 Å². The molecule has 1 nitrogen and oxygen atoms in total. The molecular weight excluding hydrogens is 143 g/mol. The minimum absolute atomic E-state index is 0. The molecule has 1 atom stereocenters. The zero-order valence-corrected chi connectivity index (χ0v) is 6.62. The van der Waals surface area contributed by atoms with Crippen LogP contribution in [0.4, 0.5) is 0 Å². The Labute approximate surface area is 63.0 Å². The molecule has 0 saturated carbocycles. The van der Waals surface area contributed by atoms with E-state index in [4.69, 9.17) is 0 Å². The Morgan fingerprint density at radius 1 is 1.10 bits per heavy atom. The first-order valence-corrected chi connectivity index (χ1v) is 3.28. The van der Waals surface area contributed by atoms with Crippen LogP contribution in [0, 0.1) is 11.6 Å². The third-order valence-corrected chi connectivity index (χ3v) is 1.13. The second kappa shape index (κ2) is 4.99. The highest BCUT2D eigenvalue weighted by Gasteiger charge is 1.77. The standard InChI is InChI=1S/C8H7P.H2O/c9-7-6-8-4-2-1-3-5-8;/h1-5H,9H2;1H2. The van der Waals surface area contributed by atoms with Gasteiger partial charge in [0.05, 0.1) is 0 Å². The molecule has 52 valence electrons. The van der Waals surface area contributed by atoms with E-state index >= 15 is 0 Å². The van der Waals surface area contributed by atoms with Crippen molar-refractivity contribution in [2.24, 2.45) is 0 Å². The molecule has 0 aliphatic heterocycles. The van der Waals surface area contributed by atoms with Gasteiger partial charge in [0.1, 0.15) is 0 Å². The summed E-state index contributed by atoms with van der Waals surface area (Å²) >= 11 is 0. The van der Waals surface area contributed by atoms with Gasteiger partial charge >= 0.3 is 0 Å². The topological polar surface area (TPSA) is 31.5 Å². The van der Waals surface area contributed by atoms with Crippen molar-refractivity contribution in [2.45, 2.75) is 0 Å². The monoisotopic (exact) mass is 152 g/mol. The summed E-state index contributed by atoms with van der Waals surface area (Å²) in [6, 6.07) is 9.90. The van der Waals surface area contributed by atoms with E-state index in [0.29, 0.717) is 0 Å². The van der Waals surface area contributed by atoms with E-state index in [1.165, 1.54) is 0 Å². The van der Waals surface area contributed by atoms with Crippen LogP contribution >= 0.6 is 9.24 Å². The molecule has 10 heavy (non-hydrogen) atoms. The Hall–Kier alpha value is -0.830. The molecular formula is C8H9OP. The molecule has 1 rings (SSSR count). The molecule has 1 aromatic rings. The van der Waals surface area contributed by atoms with E-state index in [2.05, 4.69) is 20.8 Å². The lowest BCUT2D eigenvalue weighted by Crippen LogP contribution is -1.67. The summed E-state index contributed by atoms with van der Waals surface area (Å²) < 4.78 is 0. The highest BCUT2D eigenvalue weighted by atomic mass is 31.0. The Morgan fingerprint density at radius 3 is 2.20 bits per heavy atom. The first kappa shape index (κ1) is 9.17. The second-order valence-electron chi connectivity index (χ2n) is 1.64. The molecule has 0 amide bonds. The van der Waals surface area contributed by atoms with Crippen LogP contribution in [0.5, 0.6) is 0 Å². The van der Waals surface area contributed by atoms with Gasteiger partial charge in [-0.2, -0.15) is 0 Å². The fraction of sp³-hybridized carbons (Fsp3) is 0. The average molecular weight is 152 g/mol. The molecule has 0 aromatic heterocycles. The zero-order chi connectivity index (χ0) is 6.53. The van der Waals surface area contributed by atoms with Gasteiger partial charge in [0.25, 0.3) is 0 Å². The molecule has 0 radical (unpaired) electrons. The summed E-state index contributed by atoms with van der Waals surface area (Å²) in [4.78, 5) is 0. The lowest BCUT2D eigenvalue weighted by atomic mass is 10.2. The van der Waals surface area contributed by atoms with E-state index in [0.717, 1.165) is 5.56 Å². The second-order valence-corrected chi connectivity index (χ2v) is 1.92. The van der Waals surface area contributed by atoms with Crippen LogP contribution in [0.3, 0.4) is 0 Å². The summed E-state index contributed by atoms with van der Waals surface area (Å²) in [5.41, 5.74) is 3.81. The molecule has 0 saturated heterocycles. The number of hydrogen-bond donors (Lipinski definition) is 0. The highest BCUT2D eigenvalue weighted by Crippen LogP contribution is 1.94. The largest absolute Gasteiger partial charge is 0.412 e. The van der Waals surface area contributed by atoms with Gasteiger partial charge in [-0.25, -0.2) is 0 Å². The van der Waals surface area contributed by atoms with E-state index in [1.807, 2.05) is 30.3 Å². The minimum Gasteiger partial charge on any atom is -0.412 e. The Balaban J connectivity index is 0.000000810. The van der Waals surface area contributed by atoms with Crippen molar-refractivity contribution in [2.75, 3.05) is 0 Å². The van der Waals surface area contributed by atoms with Gasteiger partial charge in [0, 0.05) is 5.56 Å². The van der Waals surface area contributed by atoms with Gasteiger partial charge < -0.3 is 5.48 Å². The van der Waals surface area contributed by atoms with Crippen LogP contribution in [-0.4, -0.2) is 5.48 Å². The maximum absolute atomic E-state index is 2.92. The van der Waals surface area contributed by atoms with E-state index in [1.54, 1.807) is 0 Å². The summed E-state index contributed by atoms with van der Waals surface area (Å²) in [6.07, 6.45) is 0. The summed E-state index contributed by atoms with van der Waals surface area (Å²) in [5.74, 6) is 2.92. The summed E-state index contributed by atoms with van der Waals surface area (Å²) in [5, 5.41) is 0. The first-order valence-electron chi connectivity index (χ1n) is 2.70. The third-order valence-electron chi connectivity index (χ3n) is 0.990. The number of rotatable bonds is 0. The molecule has 1 aromatic carbocycles. The summed E-state index contributed by atoms with van der Waals surface area (Å²) in [6.45, 7) is 0. The minimum atomic E-state index is 0. The van der Waals surface area contributed by atoms with Crippen molar-refractivity contribution in [3.63, 3.8) is 0 Å².